The number of benzene rings is 2. The number of hydrogen-bond donors (Lipinski definition) is 0. The molecule has 4 nitrogen and oxygen atoms in total. The standard InChI is InChI=1S/C22H22ClN3OS/c1-2-16-7-9-19-20(15-16)28-22(24-19)26-13-11-25(12-14-26)21(27)10-8-17-5-3-4-6-18(17)23/h3-10,15H,2,11-14H2,1H3/b10-8+. The van der Waals surface area contributed by atoms with Gasteiger partial charge in [-0.25, -0.2) is 4.98 Å². The van der Waals surface area contributed by atoms with E-state index in [1.165, 1.54) is 10.3 Å². The van der Waals surface area contributed by atoms with Crippen LogP contribution in [0.1, 0.15) is 18.1 Å². The number of halogens is 1. The summed E-state index contributed by atoms with van der Waals surface area (Å²) in [5.74, 6) is 0.0245. The lowest BCUT2D eigenvalue weighted by Gasteiger charge is -2.34. The first-order chi connectivity index (χ1) is 13.6. The van der Waals surface area contributed by atoms with Gasteiger partial charge in [-0.05, 0) is 41.8 Å². The number of anilines is 1. The molecule has 144 valence electrons. The van der Waals surface area contributed by atoms with Crippen molar-refractivity contribution in [3.63, 3.8) is 0 Å². The van der Waals surface area contributed by atoms with Gasteiger partial charge in [0.2, 0.25) is 5.91 Å². The van der Waals surface area contributed by atoms with E-state index in [-0.39, 0.29) is 5.91 Å². The van der Waals surface area contributed by atoms with Gasteiger partial charge < -0.3 is 9.80 Å². The number of aromatic nitrogens is 1. The third-order valence-corrected chi connectivity index (χ3v) is 6.45. The molecule has 1 aromatic heterocycles. The number of carbonyl (C=O) groups is 1. The van der Waals surface area contributed by atoms with Gasteiger partial charge in [-0.1, -0.05) is 54.1 Å². The maximum atomic E-state index is 12.5. The van der Waals surface area contributed by atoms with Gasteiger partial charge in [0, 0.05) is 37.3 Å². The zero-order valence-corrected chi connectivity index (χ0v) is 17.3. The minimum Gasteiger partial charge on any atom is -0.345 e. The molecule has 0 N–H and O–H groups in total. The van der Waals surface area contributed by atoms with Crippen LogP contribution in [0, 0.1) is 0 Å². The fourth-order valence-corrected chi connectivity index (χ4v) is 4.59. The maximum absolute atomic E-state index is 12.5. The molecule has 0 aliphatic carbocycles. The van der Waals surface area contributed by atoms with E-state index in [4.69, 9.17) is 16.6 Å². The highest BCUT2D eigenvalue weighted by Crippen LogP contribution is 2.30. The van der Waals surface area contributed by atoms with Crippen LogP contribution in [0.25, 0.3) is 16.3 Å². The van der Waals surface area contributed by atoms with Crippen LogP contribution in [-0.4, -0.2) is 42.0 Å². The van der Waals surface area contributed by atoms with E-state index in [0.29, 0.717) is 18.1 Å². The van der Waals surface area contributed by atoms with Gasteiger partial charge in [-0.3, -0.25) is 4.79 Å². The van der Waals surface area contributed by atoms with Crippen LogP contribution in [0.2, 0.25) is 5.02 Å². The lowest BCUT2D eigenvalue weighted by atomic mass is 10.2. The number of rotatable bonds is 4. The summed E-state index contributed by atoms with van der Waals surface area (Å²) in [6.07, 6.45) is 4.43. The third kappa shape index (κ3) is 4.05. The van der Waals surface area contributed by atoms with E-state index in [9.17, 15) is 4.79 Å². The molecule has 6 heteroatoms. The van der Waals surface area contributed by atoms with Crippen molar-refractivity contribution in [3.8, 4) is 0 Å². The number of amides is 1. The Kier molecular flexibility index (Phi) is 5.64. The highest BCUT2D eigenvalue weighted by atomic mass is 35.5. The zero-order valence-electron chi connectivity index (χ0n) is 15.8. The molecule has 2 heterocycles. The average molecular weight is 412 g/mol. The largest absolute Gasteiger partial charge is 0.345 e. The molecule has 0 bridgehead atoms. The zero-order chi connectivity index (χ0) is 19.5. The van der Waals surface area contributed by atoms with Gasteiger partial charge in [0.15, 0.2) is 5.13 Å². The molecule has 28 heavy (non-hydrogen) atoms. The van der Waals surface area contributed by atoms with Crippen LogP contribution in [0.5, 0.6) is 0 Å². The molecule has 1 amide bonds. The molecule has 1 aliphatic rings. The van der Waals surface area contributed by atoms with Crippen LogP contribution >= 0.6 is 22.9 Å². The Morgan fingerprint density at radius 1 is 1.18 bits per heavy atom. The van der Waals surface area contributed by atoms with Gasteiger partial charge in [0.05, 0.1) is 10.2 Å². The van der Waals surface area contributed by atoms with Crippen LogP contribution in [0.3, 0.4) is 0 Å². The van der Waals surface area contributed by atoms with E-state index in [1.807, 2.05) is 29.2 Å². The van der Waals surface area contributed by atoms with Crippen molar-refractivity contribution in [2.24, 2.45) is 0 Å². The Balaban J connectivity index is 1.39. The Bertz CT molecular complexity index is 1020. The van der Waals surface area contributed by atoms with Crippen LogP contribution in [0.15, 0.2) is 48.5 Å². The number of fused-ring (bicyclic) bond motifs is 1. The van der Waals surface area contributed by atoms with E-state index in [1.54, 1.807) is 23.5 Å². The lowest BCUT2D eigenvalue weighted by molar-refractivity contribution is -0.126. The van der Waals surface area contributed by atoms with Crippen LogP contribution in [-0.2, 0) is 11.2 Å². The Morgan fingerprint density at radius 2 is 1.96 bits per heavy atom. The minimum absolute atomic E-state index is 0.0245. The molecule has 3 aromatic rings. The smallest absolute Gasteiger partial charge is 0.246 e. The SMILES string of the molecule is CCc1ccc2nc(N3CCN(C(=O)/C=C/c4ccccc4Cl)CC3)sc2c1. The molecule has 1 fully saturated rings. The van der Waals surface area contributed by atoms with Crippen molar-refractivity contribution in [1.29, 1.82) is 0 Å². The first-order valence-electron chi connectivity index (χ1n) is 9.50. The fraction of sp³-hybridized carbons (Fsp3) is 0.273. The summed E-state index contributed by atoms with van der Waals surface area (Å²) < 4.78 is 1.23. The van der Waals surface area contributed by atoms with Gasteiger partial charge >= 0.3 is 0 Å². The van der Waals surface area contributed by atoms with Crippen molar-refractivity contribution in [2.45, 2.75) is 13.3 Å². The number of piperazine rings is 1. The van der Waals surface area contributed by atoms with Crippen molar-refractivity contribution in [1.82, 2.24) is 9.88 Å². The Morgan fingerprint density at radius 3 is 2.71 bits per heavy atom. The summed E-state index contributed by atoms with van der Waals surface area (Å²) in [5, 5.41) is 1.69. The molecule has 0 saturated carbocycles. The van der Waals surface area contributed by atoms with E-state index in [2.05, 4.69) is 30.0 Å². The highest BCUT2D eigenvalue weighted by molar-refractivity contribution is 7.22. The van der Waals surface area contributed by atoms with Crippen molar-refractivity contribution < 1.29 is 4.79 Å². The minimum atomic E-state index is 0.0245. The lowest BCUT2D eigenvalue weighted by Crippen LogP contribution is -2.48. The van der Waals surface area contributed by atoms with Crippen molar-refractivity contribution in [2.75, 3.05) is 31.1 Å². The van der Waals surface area contributed by atoms with Gasteiger partial charge in [-0.15, -0.1) is 0 Å². The first kappa shape index (κ1) is 19.0. The van der Waals surface area contributed by atoms with Gasteiger partial charge in [-0.2, -0.15) is 0 Å². The predicted octanol–water partition coefficient (Wildman–Crippen LogP) is 4.87. The molecule has 0 unspecified atom stereocenters. The predicted molar refractivity (Wildman–Crippen MR) is 118 cm³/mol. The molecular formula is C22H22ClN3OS. The summed E-state index contributed by atoms with van der Waals surface area (Å²) in [4.78, 5) is 21.4. The molecule has 2 aromatic carbocycles. The number of aryl methyl sites for hydroxylation is 1. The molecule has 0 atom stereocenters. The van der Waals surface area contributed by atoms with Gasteiger partial charge in [0.1, 0.15) is 0 Å². The van der Waals surface area contributed by atoms with E-state index >= 15 is 0 Å². The molecule has 0 spiro atoms. The second-order valence-electron chi connectivity index (χ2n) is 6.82. The van der Waals surface area contributed by atoms with Crippen LogP contribution < -0.4 is 4.90 Å². The summed E-state index contributed by atoms with van der Waals surface area (Å²) >= 11 is 7.88. The second-order valence-corrected chi connectivity index (χ2v) is 8.24. The normalized spacial score (nSPS) is 14.9. The Labute approximate surface area is 174 Å². The molecule has 1 saturated heterocycles. The second kappa shape index (κ2) is 8.33. The van der Waals surface area contributed by atoms with Crippen molar-refractivity contribution >= 4 is 50.3 Å². The average Bonchev–Trinajstić information content (AvgIpc) is 3.16. The summed E-state index contributed by atoms with van der Waals surface area (Å²) in [5.41, 5.74) is 3.25. The monoisotopic (exact) mass is 411 g/mol. The number of hydrogen-bond acceptors (Lipinski definition) is 4. The molecule has 0 radical (unpaired) electrons. The number of carbonyl (C=O) groups excluding carboxylic acids is 1. The number of thiazole rings is 1. The fourth-order valence-electron chi connectivity index (χ4n) is 3.31. The maximum Gasteiger partial charge on any atom is 0.246 e. The topological polar surface area (TPSA) is 36.4 Å². The summed E-state index contributed by atoms with van der Waals surface area (Å²) in [7, 11) is 0. The van der Waals surface area contributed by atoms with Crippen LogP contribution in [0.4, 0.5) is 5.13 Å². The molecule has 4 rings (SSSR count). The molecular weight excluding hydrogens is 390 g/mol. The van der Waals surface area contributed by atoms with E-state index in [0.717, 1.165) is 35.7 Å². The third-order valence-electron chi connectivity index (χ3n) is 5.02. The first-order valence-corrected chi connectivity index (χ1v) is 10.7. The summed E-state index contributed by atoms with van der Waals surface area (Å²) in [6, 6.07) is 14.0. The highest BCUT2D eigenvalue weighted by Gasteiger charge is 2.22. The van der Waals surface area contributed by atoms with Crippen molar-refractivity contribution in [3.05, 3.63) is 64.7 Å². The quantitative estimate of drug-likeness (QED) is 0.574. The molecule has 1 aliphatic heterocycles. The number of nitrogens with zero attached hydrogens (tertiary/aromatic N) is 3. The summed E-state index contributed by atoms with van der Waals surface area (Å²) in [6.45, 7) is 5.15. The van der Waals surface area contributed by atoms with Gasteiger partial charge in [0.25, 0.3) is 0 Å². The van der Waals surface area contributed by atoms with E-state index < -0.39 is 0 Å². The Hall–Kier alpha value is -2.37.